The van der Waals surface area contributed by atoms with Gasteiger partial charge in [-0.2, -0.15) is 0 Å². The van der Waals surface area contributed by atoms with Gasteiger partial charge in [-0.25, -0.2) is 13.4 Å². The van der Waals surface area contributed by atoms with Crippen molar-refractivity contribution < 1.29 is 13.3 Å². The van der Waals surface area contributed by atoms with Gasteiger partial charge >= 0.3 is 0 Å². The second kappa shape index (κ2) is 5.84. The van der Waals surface area contributed by atoms with Crippen LogP contribution in [0.2, 0.25) is 10.0 Å². The first-order chi connectivity index (χ1) is 9.79. The SMILES string of the molecule is O=[N+]([O-])c1ccc(Cl)c(S(=O)(=O)Nc2cc(Cl)ccn2)c1. The maximum atomic E-state index is 12.2. The predicted octanol–water partition coefficient (Wildman–Crippen LogP) is 3.10. The number of anilines is 1. The third-order valence-electron chi connectivity index (χ3n) is 2.38. The fourth-order valence-corrected chi connectivity index (χ4v) is 3.14. The van der Waals surface area contributed by atoms with Crippen LogP contribution < -0.4 is 4.72 Å². The summed E-state index contributed by atoms with van der Waals surface area (Å²) in [5, 5.41) is 10.9. The average Bonchev–Trinajstić information content (AvgIpc) is 2.38. The van der Waals surface area contributed by atoms with Crippen LogP contribution in [0.3, 0.4) is 0 Å². The molecule has 0 amide bonds. The van der Waals surface area contributed by atoms with E-state index in [2.05, 4.69) is 9.71 Å². The van der Waals surface area contributed by atoms with Gasteiger partial charge in [-0.05, 0) is 12.1 Å². The second-order valence-electron chi connectivity index (χ2n) is 3.84. The zero-order chi connectivity index (χ0) is 15.6. The molecule has 0 aliphatic heterocycles. The first-order valence-electron chi connectivity index (χ1n) is 5.38. The van der Waals surface area contributed by atoms with Crippen molar-refractivity contribution in [3.05, 3.63) is 56.7 Å². The molecule has 0 fully saturated rings. The quantitative estimate of drug-likeness (QED) is 0.676. The Balaban J connectivity index is 2.44. The summed E-state index contributed by atoms with van der Waals surface area (Å²) < 4.78 is 26.6. The molecule has 21 heavy (non-hydrogen) atoms. The second-order valence-corrected chi connectivity index (χ2v) is 6.33. The molecule has 7 nitrogen and oxygen atoms in total. The van der Waals surface area contributed by atoms with Gasteiger partial charge in [-0.3, -0.25) is 14.8 Å². The fourth-order valence-electron chi connectivity index (χ4n) is 1.46. The number of nitrogens with one attached hydrogen (secondary N) is 1. The summed E-state index contributed by atoms with van der Waals surface area (Å²) in [6.07, 6.45) is 1.31. The molecule has 2 rings (SSSR count). The van der Waals surface area contributed by atoms with E-state index in [-0.39, 0.29) is 21.6 Å². The molecule has 0 saturated heterocycles. The van der Waals surface area contributed by atoms with Crippen LogP contribution >= 0.6 is 23.2 Å². The van der Waals surface area contributed by atoms with Crippen LogP contribution in [-0.4, -0.2) is 18.3 Å². The molecule has 2 aromatic rings. The van der Waals surface area contributed by atoms with Crippen LogP contribution in [0, 0.1) is 10.1 Å². The van der Waals surface area contributed by atoms with Gasteiger partial charge in [-0.15, -0.1) is 0 Å². The molecule has 1 aromatic carbocycles. The Morgan fingerprint density at radius 1 is 1.19 bits per heavy atom. The van der Waals surface area contributed by atoms with E-state index in [1.165, 1.54) is 18.3 Å². The van der Waals surface area contributed by atoms with Gasteiger partial charge in [-0.1, -0.05) is 23.2 Å². The van der Waals surface area contributed by atoms with Crippen LogP contribution in [0.5, 0.6) is 0 Å². The molecular weight excluding hydrogens is 341 g/mol. The van der Waals surface area contributed by atoms with Gasteiger partial charge in [0.2, 0.25) is 0 Å². The summed E-state index contributed by atoms with van der Waals surface area (Å²) in [5.74, 6) is -0.0231. The number of aromatic nitrogens is 1. The molecule has 0 atom stereocenters. The van der Waals surface area contributed by atoms with E-state index in [0.717, 1.165) is 18.2 Å². The van der Waals surface area contributed by atoms with E-state index < -0.39 is 19.8 Å². The molecule has 0 spiro atoms. The van der Waals surface area contributed by atoms with E-state index in [0.29, 0.717) is 0 Å². The third-order valence-corrected chi connectivity index (χ3v) is 4.45. The largest absolute Gasteiger partial charge is 0.270 e. The van der Waals surface area contributed by atoms with E-state index in [4.69, 9.17) is 23.2 Å². The Kier molecular flexibility index (Phi) is 4.31. The number of nitrogens with zero attached hydrogens (tertiary/aromatic N) is 2. The molecule has 0 saturated carbocycles. The first-order valence-corrected chi connectivity index (χ1v) is 7.62. The predicted molar refractivity (Wildman–Crippen MR) is 78.2 cm³/mol. The Labute approximate surface area is 129 Å². The smallest absolute Gasteiger partial charge is 0.263 e. The summed E-state index contributed by atoms with van der Waals surface area (Å²) in [6.45, 7) is 0. The lowest BCUT2D eigenvalue weighted by Crippen LogP contribution is -2.14. The lowest BCUT2D eigenvalue weighted by atomic mass is 10.3. The maximum absolute atomic E-state index is 12.2. The Morgan fingerprint density at radius 3 is 2.52 bits per heavy atom. The number of nitro benzene ring substituents is 1. The number of rotatable bonds is 4. The van der Waals surface area contributed by atoms with E-state index in [1.54, 1.807) is 0 Å². The zero-order valence-corrected chi connectivity index (χ0v) is 12.5. The third kappa shape index (κ3) is 3.60. The number of hydrogen-bond donors (Lipinski definition) is 1. The van der Waals surface area contributed by atoms with Crippen molar-refractivity contribution in [2.45, 2.75) is 4.90 Å². The number of pyridine rings is 1. The van der Waals surface area contributed by atoms with Crippen molar-refractivity contribution in [2.75, 3.05) is 4.72 Å². The van der Waals surface area contributed by atoms with Crippen LogP contribution in [0.25, 0.3) is 0 Å². The summed E-state index contributed by atoms with van der Waals surface area (Å²) in [7, 11) is -4.12. The van der Waals surface area contributed by atoms with Crippen molar-refractivity contribution >= 4 is 44.7 Å². The molecule has 1 N–H and O–H groups in total. The number of sulfonamides is 1. The summed E-state index contributed by atoms with van der Waals surface area (Å²) in [4.78, 5) is 13.4. The van der Waals surface area contributed by atoms with Crippen molar-refractivity contribution in [2.24, 2.45) is 0 Å². The number of halogens is 2. The number of hydrogen-bond acceptors (Lipinski definition) is 5. The van der Waals surface area contributed by atoms with Crippen molar-refractivity contribution in [3.63, 3.8) is 0 Å². The van der Waals surface area contributed by atoms with Gasteiger partial charge in [0, 0.05) is 29.4 Å². The highest BCUT2D eigenvalue weighted by atomic mass is 35.5. The van der Waals surface area contributed by atoms with E-state index in [1.807, 2.05) is 0 Å². The molecule has 10 heteroatoms. The molecule has 0 radical (unpaired) electrons. The summed E-state index contributed by atoms with van der Waals surface area (Å²) >= 11 is 11.5. The normalized spacial score (nSPS) is 11.1. The van der Waals surface area contributed by atoms with Crippen molar-refractivity contribution in [3.8, 4) is 0 Å². The van der Waals surface area contributed by atoms with Gasteiger partial charge in [0.1, 0.15) is 10.7 Å². The number of nitro groups is 1. The standard InChI is InChI=1S/C11H7Cl2N3O4S/c12-7-3-4-14-11(5-7)15-21(19,20)10-6-8(16(17)18)1-2-9(10)13/h1-6H,(H,14,15). The molecular formula is C11H7Cl2N3O4S. The topological polar surface area (TPSA) is 102 Å². The molecule has 0 bridgehead atoms. The summed E-state index contributed by atoms with van der Waals surface area (Å²) in [5.41, 5.74) is -0.390. The van der Waals surface area contributed by atoms with Gasteiger partial charge in [0.05, 0.1) is 9.95 Å². The van der Waals surface area contributed by atoms with Crippen LogP contribution in [0.15, 0.2) is 41.4 Å². The summed E-state index contributed by atoms with van der Waals surface area (Å²) in [6, 6.07) is 5.89. The zero-order valence-electron chi connectivity index (χ0n) is 10.2. The Morgan fingerprint density at radius 2 is 1.90 bits per heavy atom. The van der Waals surface area contributed by atoms with Crippen LogP contribution in [0.4, 0.5) is 11.5 Å². The minimum absolute atomic E-state index is 0.0231. The fraction of sp³-hybridized carbons (Fsp3) is 0. The van der Waals surface area contributed by atoms with Crippen LogP contribution in [-0.2, 0) is 10.0 Å². The number of non-ortho nitro benzene ring substituents is 1. The lowest BCUT2D eigenvalue weighted by molar-refractivity contribution is -0.385. The highest BCUT2D eigenvalue weighted by Crippen LogP contribution is 2.27. The minimum Gasteiger partial charge on any atom is -0.263 e. The average molecular weight is 348 g/mol. The van der Waals surface area contributed by atoms with Crippen molar-refractivity contribution in [1.82, 2.24) is 4.98 Å². The molecule has 110 valence electrons. The highest BCUT2D eigenvalue weighted by molar-refractivity contribution is 7.92. The Hall–Kier alpha value is -1.90. The molecule has 1 aromatic heterocycles. The van der Waals surface area contributed by atoms with E-state index >= 15 is 0 Å². The molecule has 0 unspecified atom stereocenters. The lowest BCUT2D eigenvalue weighted by Gasteiger charge is -2.08. The maximum Gasteiger partial charge on any atom is 0.270 e. The van der Waals surface area contributed by atoms with Crippen LogP contribution in [0.1, 0.15) is 0 Å². The highest BCUT2D eigenvalue weighted by Gasteiger charge is 2.22. The molecule has 0 aliphatic rings. The monoisotopic (exact) mass is 347 g/mol. The van der Waals surface area contributed by atoms with E-state index in [9.17, 15) is 18.5 Å². The van der Waals surface area contributed by atoms with Gasteiger partial charge in [0.15, 0.2) is 0 Å². The van der Waals surface area contributed by atoms with Gasteiger partial charge < -0.3 is 0 Å². The molecule has 1 heterocycles. The minimum atomic E-state index is -4.12. The Bertz CT molecular complexity index is 811. The molecule has 0 aliphatic carbocycles. The first kappa shape index (κ1) is 15.5. The van der Waals surface area contributed by atoms with Crippen molar-refractivity contribution in [1.29, 1.82) is 0 Å². The number of benzene rings is 1. The van der Waals surface area contributed by atoms with Gasteiger partial charge in [0.25, 0.3) is 15.7 Å².